The Labute approximate surface area is 169 Å². The Morgan fingerprint density at radius 2 is 1.93 bits per heavy atom. The number of amides is 1. The molecular weight excluding hydrogens is 370 g/mol. The monoisotopic (exact) mass is 393 g/mol. The highest BCUT2D eigenvalue weighted by atomic mass is 32.1. The fraction of sp³-hybridized carbons (Fsp3) is 0.174. The van der Waals surface area contributed by atoms with Gasteiger partial charge in [-0.15, -0.1) is 17.9 Å². The lowest BCUT2D eigenvalue weighted by atomic mass is 10.1. The summed E-state index contributed by atoms with van der Waals surface area (Å²) >= 11 is 1.63. The number of benzene rings is 2. The lowest BCUT2D eigenvalue weighted by molar-refractivity contribution is -0.120. The van der Waals surface area contributed by atoms with Crippen molar-refractivity contribution in [1.29, 1.82) is 0 Å². The van der Waals surface area contributed by atoms with Gasteiger partial charge in [-0.25, -0.2) is 0 Å². The van der Waals surface area contributed by atoms with Crippen LogP contribution in [0.5, 0.6) is 11.5 Å². The summed E-state index contributed by atoms with van der Waals surface area (Å²) in [5.74, 6) is 1.04. The zero-order valence-electron chi connectivity index (χ0n) is 15.8. The molecule has 144 valence electrons. The first kappa shape index (κ1) is 19.7. The van der Waals surface area contributed by atoms with Crippen LogP contribution in [0, 0.1) is 0 Å². The molecule has 0 saturated carbocycles. The number of anilines is 1. The van der Waals surface area contributed by atoms with E-state index < -0.39 is 0 Å². The third-order valence-electron chi connectivity index (χ3n) is 4.22. The zero-order chi connectivity index (χ0) is 19.8. The van der Waals surface area contributed by atoms with Crippen molar-refractivity contribution in [3.05, 3.63) is 89.1 Å². The number of rotatable bonds is 9. The molecule has 0 aliphatic rings. The van der Waals surface area contributed by atoms with Gasteiger partial charge in [-0.05, 0) is 47.7 Å². The molecule has 0 bridgehead atoms. The highest BCUT2D eigenvalue weighted by molar-refractivity contribution is 7.09. The molecule has 1 aromatic heterocycles. The Morgan fingerprint density at radius 1 is 1.11 bits per heavy atom. The largest absolute Gasteiger partial charge is 0.493 e. The Morgan fingerprint density at radius 3 is 2.61 bits per heavy atom. The molecule has 1 amide bonds. The predicted octanol–water partition coefficient (Wildman–Crippen LogP) is 5.10. The van der Waals surface area contributed by atoms with E-state index in [1.54, 1.807) is 23.3 Å². The van der Waals surface area contributed by atoms with Crippen LogP contribution < -0.4 is 14.4 Å². The second-order valence-corrected chi connectivity index (χ2v) is 7.19. The van der Waals surface area contributed by atoms with Gasteiger partial charge in [0.15, 0.2) is 18.1 Å². The van der Waals surface area contributed by atoms with E-state index in [9.17, 15) is 4.79 Å². The third kappa shape index (κ3) is 5.02. The summed E-state index contributed by atoms with van der Waals surface area (Å²) in [7, 11) is 1.59. The van der Waals surface area contributed by atoms with Crippen molar-refractivity contribution in [2.75, 3.05) is 18.6 Å². The number of para-hydroxylation sites is 1. The molecule has 0 fully saturated rings. The van der Waals surface area contributed by atoms with E-state index in [0.29, 0.717) is 18.0 Å². The van der Waals surface area contributed by atoms with Gasteiger partial charge in [-0.3, -0.25) is 4.79 Å². The number of allylic oxidation sites excluding steroid dienone is 1. The maximum atomic E-state index is 13.0. The molecule has 5 heteroatoms. The molecule has 0 saturated heterocycles. The highest BCUT2D eigenvalue weighted by Crippen LogP contribution is 2.29. The standard InChI is InChI=1S/C23H23NO3S/c1-3-8-18-12-13-21(22(15-18)26-2)27-17-23(25)24(16-20-11-7-14-28-20)19-9-5-4-6-10-19/h3-7,9-15H,1,8,16-17H2,2H3. The maximum Gasteiger partial charge on any atom is 0.265 e. The van der Waals surface area contributed by atoms with Crippen molar-refractivity contribution in [1.82, 2.24) is 0 Å². The van der Waals surface area contributed by atoms with E-state index in [4.69, 9.17) is 9.47 Å². The normalized spacial score (nSPS) is 10.3. The first-order valence-electron chi connectivity index (χ1n) is 8.99. The zero-order valence-corrected chi connectivity index (χ0v) is 16.7. The van der Waals surface area contributed by atoms with E-state index in [0.717, 1.165) is 22.5 Å². The molecule has 3 rings (SSSR count). The van der Waals surface area contributed by atoms with Gasteiger partial charge in [0.25, 0.3) is 5.91 Å². The number of methoxy groups -OCH3 is 1. The summed E-state index contributed by atoms with van der Waals surface area (Å²) in [6.45, 7) is 4.19. The molecule has 0 spiro atoms. The van der Waals surface area contributed by atoms with E-state index in [2.05, 4.69) is 6.58 Å². The van der Waals surface area contributed by atoms with Crippen LogP contribution in [0.25, 0.3) is 0 Å². The molecule has 28 heavy (non-hydrogen) atoms. The van der Waals surface area contributed by atoms with Gasteiger partial charge in [0.2, 0.25) is 0 Å². The van der Waals surface area contributed by atoms with Crippen LogP contribution >= 0.6 is 11.3 Å². The predicted molar refractivity (Wildman–Crippen MR) is 114 cm³/mol. The van der Waals surface area contributed by atoms with Crippen molar-refractivity contribution >= 4 is 22.9 Å². The van der Waals surface area contributed by atoms with Gasteiger partial charge in [-0.1, -0.05) is 36.4 Å². The van der Waals surface area contributed by atoms with Crippen LogP contribution in [0.1, 0.15) is 10.4 Å². The molecule has 0 N–H and O–H groups in total. The summed E-state index contributed by atoms with van der Waals surface area (Å²) in [5, 5.41) is 2.01. The second kappa shape index (κ2) is 9.76. The minimum absolute atomic E-state index is 0.0720. The van der Waals surface area contributed by atoms with Crippen LogP contribution in [-0.4, -0.2) is 19.6 Å². The van der Waals surface area contributed by atoms with Gasteiger partial charge in [0.05, 0.1) is 13.7 Å². The molecule has 2 aromatic carbocycles. The van der Waals surface area contributed by atoms with Gasteiger partial charge >= 0.3 is 0 Å². The number of thiophene rings is 1. The molecule has 0 unspecified atom stereocenters. The highest BCUT2D eigenvalue weighted by Gasteiger charge is 2.18. The van der Waals surface area contributed by atoms with Crippen molar-refractivity contribution in [2.45, 2.75) is 13.0 Å². The topological polar surface area (TPSA) is 38.8 Å². The number of carbonyl (C=O) groups excluding carboxylic acids is 1. The maximum absolute atomic E-state index is 13.0. The summed E-state index contributed by atoms with van der Waals surface area (Å²) in [4.78, 5) is 15.8. The van der Waals surface area contributed by atoms with Crippen molar-refractivity contribution in [3.63, 3.8) is 0 Å². The van der Waals surface area contributed by atoms with E-state index in [1.165, 1.54) is 0 Å². The van der Waals surface area contributed by atoms with Crippen LogP contribution in [0.15, 0.2) is 78.7 Å². The van der Waals surface area contributed by atoms with Gasteiger partial charge < -0.3 is 14.4 Å². The van der Waals surface area contributed by atoms with Crippen molar-refractivity contribution in [3.8, 4) is 11.5 Å². The number of ether oxygens (including phenoxy) is 2. The summed E-state index contributed by atoms with van der Waals surface area (Å²) in [6, 6.07) is 19.3. The molecule has 3 aromatic rings. The van der Waals surface area contributed by atoms with Gasteiger partial charge in [0.1, 0.15) is 0 Å². The van der Waals surface area contributed by atoms with Gasteiger partial charge in [-0.2, -0.15) is 0 Å². The first-order chi connectivity index (χ1) is 13.7. The Balaban J connectivity index is 1.74. The third-order valence-corrected chi connectivity index (χ3v) is 5.08. The number of hydrogen-bond donors (Lipinski definition) is 0. The van der Waals surface area contributed by atoms with Gasteiger partial charge in [0, 0.05) is 10.6 Å². The SMILES string of the molecule is C=CCc1ccc(OCC(=O)N(Cc2cccs2)c2ccccc2)c(OC)c1. The lowest BCUT2D eigenvalue weighted by Crippen LogP contribution is -2.34. The Hall–Kier alpha value is -3.05. The Kier molecular flexibility index (Phi) is 6.87. The van der Waals surface area contributed by atoms with E-state index >= 15 is 0 Å². The average Bonchev–Trinajstić information content (AvgIpc) is 3.25. The van der Waals surface area contributed by atoms with Crippen LogP contribution in [0.4, 0.5) is 5.69 Å². The molecule has 0 aliphatic carbocycles. The molecule has 1 heterocycles. The number of hydrogen-bond acceptors (Lipinski definition) is 4. The summed E-state index contributed by atoms with van der Waals surface area (Å²) < 4.78 is 11.2. The summed E-state index contributed by atoms with van der Waals surface area (Å²) in [6.07, 6.45) is 2.58. The Bertz CT molecular complexity index is 907. The van der Waals surface area contributed by atoms with E-state index in [-0.39, 0.29) is 12.5 Å². The fourth-order valence-corrected chi connectivity index (χ4v) is 3.52. The van der Waals surface area contributed by atoms with Crippen molar-refractivity contribution < 1.29 is 14.3 Å². The van der Waals surface area contributed by atoms with Crippen molar-refractivity contribution in [2.24, 2.45) is 0 Å². The number of carbonyl (C=O) groups is 1. The molecule has 4 nitrogen and oxygen atoms in total. The van der Waals surface area contributed by atoms with Crippen LogP contribution in [-0.2, 0) is 17.8 Å². The second-order valence-electron chi connectivity index (χ2n) is 6.16. The quantitative estimate of drug-likeness (QED) is 0.475. The smallest absolute Gasteiger partial charge is 0.265 e. The number of nitrogens with zero attached hydrogens (tertiary/aromatic N) is 1. The first-order valence-corrected chi connectivity index (χ1v) is 9.87. The molecule has 0 aliphatic heterocycles. The lowest BCUT2D eigenvalue weighted by Gasteiger charge is -2.22. The minimum atomic E-state index is -0.114. The summed E-state index contributed by atoms with van der Waals surface area (Å²) in [5.41, 5.74) is 1.92. The fourth-order valence-electron chi connectivity index (χ4n) is 2.83. The van der Waals surface area contributed by atoms with Crippen LogP contribution in [0.2, 0.25) is 0 Å². The average molecular weight is 394 g/mol. The molecule has 0 radical (unpaired) electrons. The molecular formula is C23H23NO3S. The van der Waals surface area contributed by atoms with E-state index in [1.807, 2.05) is 72.1 Å². The minimum Gasteiger partial charge on any atom is -0.493 e. The van der Waals surface area contributed by atoms with Crippen LogP contribution in [0.3, 0.4) is 0 Å². The molecule has 0 atom stereocenters.